The molecule has 0 spiro atoms. The van der Waals surface area contributed by atoms with Crippen LogP contribution in [0.2, 0.25) is 28.2 Å². The van der Waals surface area contributed by atoms with Crippen LogP contribution in [0.1, 0.15) is 32.4 Å². The predicted octanol–water partition coefficient (Wildman–Crippen LogP) is 5.58. The highest BCUT2D eigenvalue weighted by Crippen LogP contribution is 2.37. The van der Waals surface area contributed by atoms with Gasteiger partial charge in [-0.15, -0.1) is 12.4 Å². The summed E-state index contributed by atoms with van der Waals surface area (Å²) in [4.78, 5) is 0. The molecule has 0 aromatic heterocycles. The molecule has 0 radical (unpaired) electrons. The summed E-state index contributed by atoms with van der Waals surface area (Å²) in [5.41, 5.74) is 6.30. The van der Waals surface area contributed by atoms with Crippen LogP contribution in [0.5, 0.6) is 0 Å². The molecule has 0 amide bonds. The Labute approximate surface area is 143 Å². The largest absolute Gasteiger partial charge is 0.409 e. The van der Waals surface area contributed by atoms with Gasteiger partial charge in [-0.05, 0) is 30.3 Å². The van der Waals surface area contributed by atoms with E-state index >= 15 is 0 Å². The lowest BCUT2D eigenvalue weighted by atomic mass is 10.1. The van der Waals surface area contributed by atoms with E-state index in [0.29, 0.717) is 10.6 Å². The first-order valence-electron chi connectivity index (χ1n) is 6.95. The summed E-state index contributed by atoms with van der Waals surface area (Å²) in [5, 5.41) is 0.414. The standard InChI is InChI=1S/C14H22Cl2FNOSi.ClH/c1-4-20(5-2,6-3)19-12(9-18)13-10(15)7-8-11(17)14(13)16;/h7-8,12H,4-6,9,18H2,1-3H3;1H. The first-order valence-corrected chi connectivity index (χ1v) is 10.2. The molecule has 0 aliphatic carbocycles. The van der Waals surface area contributed by atoms with Gasteiger partial charge in [0.1, 0.15) is 5.82 Å². The van der Waals surface area contributed by atoms with Gasteiger partial charge in [-0.3, -0.25) is 0 Å². The van der Waals surface area contributed by atoms with Crippen LogP contribution in [0.25, 0.3) is 0 Å². The highest BCUT2D eigenvalue weighted by Gasteiger charge is 2.33. The van der Waals surface area contributed by atoms with Crippen LogP contribution < -0.4 is 5.73 Å². The fourth-order valence-electron chi connectivity index (χ4n) is 2.36. The van der Waals surface area contributed by atoms with Crippen LogP contribution in [-0.2, 0) is 4.43 Å². The predicted molar refractivity (Wildman–Crippen MR) is 93.7 cm³/mol. The van der Waals surface area contributed by atoms with Gasteiger partial charge < -0.3 is 10.2 Å². The molecule has 1 unspecified atom stereocenters. The van der Waals surface area contributed by atoms with Crippen molar-refractivity contribution in [2.45, 2.75) is 45.0 Å². The highest BCUT2D eigenvalue weighted by atomic mass is 35.5. The smallest absolute Gasteiger partial charge is 0.192 e. The van der Waals surface area contributed by atoms with E-state index in [-0.39, 0.29) is 24.0 Å². The zero-order chi connectivity index (χ0) is 15.3. The summed E-state index contributed by atoms with van der Waals surface area (Å²) in [6.07, 6.45) is -0.447. The third-order valence-corrected chi connectivity index (χ3v) is 9.31. The minimum absolute atomic E-state index is 0. The van der Waals surface area contributed by atoms with Gasteiger partial charge in [-0.25, -0.2) is 4.39 Å². The number of hydrogen-bond acceptors (Lipinski definition) is 2. The molecule has 0 saturated carbocycles. The molecule has 2 N–H and O–H groups in total. The number of benzene rings is 1. The second kappa shape index (κ2) is 9.33. The molecular weight excluding hydrogens is 352 g/mol. The van der Waals surface area contributed by atoms with Crippen molar-refractivity contribution in [2.24, 2.45) is 5.73 Å². The van der Waals surface area contributed by atoms with Gasteiger partial charge >= 0.3 is 0 Å². The van der Waals surface area contributed by atoms with Gasteiger partial charge in [-0.2, -0.15) is 0 Å². The zero-order valence-electron chi connectivity index (χ0n) is 12.6. The lowest BCUT2D eigenvalue weighted by Crippen LogP contribution is -2.39. The van der Waals surface area contributed by atoms with Crippen LogP contribution in [0.3, 0.4) is 0 Å². The maximum absolute atomic E-state index is 13.7. The van der Waals surface area contributed by atoms with Gasteiger partial charge in [0.15, 0.2) is 8.32 Å². The maximum atomic E-state index is 13.7. The Balaban J connectivity index is 0.00000400. The highest BCUT2D eigenvalue weighted by molar-refractivity contribution is 6.73. The Morgan fingerprint density at radius 3 is 2.14 bits per heavy atom. The second-order valence-electron chi connectivity index (χ2n) is 4.84. The van der Waals surface area contributed by atoms with E-state index < -0.39 is 20.2 Å². The first kappa shape index (κ1) is 21.2. The molecule has 2 nitrogen and oxygen atoms in total. The molecule has 21 heavy (non-hydrogen) atoms. The van der Waals surface area contributed by atoms with Gasteiger partial charge in [0, 0.05) is 17.1 Å². The van der Waals surface area contributed by atoms with E-state index in [0.717, 1.165) is 18.1 Å². The second-order valence-corrected chi connectivity index (χ2v) is 10.4. The molecule has 0 aliphatic rings. The average Bonchev–Trinajstić information content (AvgIpc) is 2.47. The molecule has 1 aromatic carbocycles. The summed E-state index contributed by atoms with van der Waals surface area (Å²) in [6, 6.07) is 5.71. The Bertz CT molecular complexity index is 450. The molecule has 1 aromatic rings. The minimum atomic E-state index is -1.87. The molecule has 0 saturated heterocycles. The number of nitrogens with two attached hydrogens (primary N) is 1. The fourth-order valence-corrected chi connectivity index (χ4v) is 5.80. The summed E-state index contributed by atoms with van der Waals surface area (Å²) in [6.45, 7) is 6.61. The Kier molecular flexibility index (Phi) is 9.40. The summed E-state index contributed by atoms with van der Waals surface area (Å²) < 4.78 is 20.0. The van der Waals surface area contributed by atoms with Crippen molar-refractivity contribution in [2.75, 3.05) is 6.54 Å². The fraction of sp³-hybridized carbons (Fsp3) is 0.571. The molecule has 0 fully saturated rings. The maximum Gasteiger partial charge on any atom is 0.192 e. The van der Waals surface area contributed by atoms with Crippen molar-refractivity contribution in [3.8, 4) is 0 Å². The van der Waals surface area contributed by atoms with Gasteiger partial charge in [0.25, 0.3) is 0 Å². The molecular formula is C14H23Cl3FNOSi. The lowest BCUT2D eigenvalue weighted by Gasteiger charge is -2.33. The summed E-state index contributed by atoms with van der Waals surface area (Å²) >= 11 is 12.2. The third-order valence-electron chi connectivity index (χ3n) is 3.94. The molecule has 0 heterocycles. The number of halogens is 4. The van der Waals surface area contributed by atoms with E-state index in [2.05, 4.69) is 20.8 Å². The minimum Gasteiger partial charge on any atom is -0.409 e. The van der Waals surface area contributed by atoms with Crippen molar-refractivity contribution >= 4 is 43.9 Å². The topological polar surface area (TPSA) is 35.2 Å². The third kappa shape index (κ3) is 4.81. The number of rotatable bonds is 7. The van der Waals surface area contributed by atoms with Crippen molar-refractivity contribution in [3.63, 3.8) is 0 Å². The van der Waals surface area contributed by atoms with E-state index in [4.69, 9.17) is 33.4 Å². The quantitative estimate of drug-likeness (QED) is 0.499. The van der Waals surface area contributed by atoms with Crippen molar-refractivity contribution in [3.05, 3.63) is 33.6 Å². The van der Waals surface area contributed by atoms with Gasteiger partial charge in [0.05, 0.1) is 11.1 Å². The molecule has 7 heteroatoms. The Hall–Kier alpha value is 0.157. The van der Waals surface area contributed by atoms with Crippen LogP contribution in [-0.4, -0.2) is 14.9 Å². The zero-order valence-corrected chi connectivity index (χ0v) is 15.9. The normalized spacial score (nSPS) is 12.9. The summed E-state index contributed by atoms with van der Waals surface area (Å²) in [5.74, 6) is -0.495. The van der Waals surface area contributed by atoms with Gasteiger partial charge in [-0.1, -0.05) is 44.0 Å². The monoisotopic (exact) mass is 373 g/mol. The van der Waals surface area contributed by atoms with Crippen LogP contribution in [0, 0.1) is 5.82 Å². The molecule has 1 atom stereocenters. The van der Waals surface area contributed by atoms with Gasteiger partial charge in [0.2, 0.25) is 0 Å². The van der Waals surface area contributed by atoms with Crippen LogP contribution >= 0.6 is 35.6 Å². The first-order chi connectivity index (χ1) is 9.44. The Morgan fingerprint density at radius 2 is 1.71 bits per heavy atom. The Morgan fingerprint density at radius 1 is 1.19 bits per heavy atom. The van der Waals surface area contributed by atoms with E-state index in [1.165, 1.54) is 12.1 Å². The van der Waals surface area contributed by atoms with Crippen LogP contribution in [0.15, 0.2) is 12.1 Å². The van der Waals surface area contributed by atoms with E-state index in [1.807, 2.05) is 0 Å². The van der Waals surface area contributed by atoms with Crippen molar-refractivity contribution in [1.82, 2.24) is 0 Å². The molecule has 122 valence electrons. The number of hydrogen-bond donors (Lipinski definition) is 1. The molecule has 0 aliphatic heterocycles. The lowest BCUT2D eigenvalue weighted by molar-refractivity contribution is 0.198. The SMILES string of the molecule is CC[Si](CC)(CC)OC(CN)c1c(Cl)ccc(F)c1Cl.Cl. The van der Waals surface area contributed by atoms with E-state index in [9.17, 15) is 4.39 Å². The van der Waals surface area contributed by atoms with Crippen molar-refractivity contribution < 1.29 is 8.82 Å². The van der Waals surface area contributed by atoms with Crippen molar-refractivity contribution in [1.29, 1.82) is 0 Å². The molecule has 1 rings (SSSR count). The molecule has 0 bridgehead atoms. The summed E-state index contributed by atoms with van der Waals surface area (Å²) in [7, 11) is -1.87. The van der Waals surface area contributed by atoms with E-state index in [1.54, 1.807) is 0 Å². The van der Waals surface area contributed by atoms with Crippen LogP contribution in [0.4, 0.5) is 4.39 Å². The average molecular weight is 375 g/mol.